The lowest BCUT2D eigenvalue weighted by Crippen LogP contribution is -2.60. The van der Waals surface area contributed by atoms with Gasteiger partial charge in [-0.1, -0.05) is 0 Å². The molecule has 3 aliphatic heterocycles. The van der Waals surface area contributed by atoms with E-state index in [2.05, 4.69) is 5.32 Å². The highest BCUT2D eigenvalue weighted by Crippen LogP contribution is 2.40. The van der Waals surface area contributed by atoms with E-state index in [4.69, 9.17) is 23.1 Å². The van der Waals surface area contributed by atoms with Crippen LogP contribution in [0, 0.1) is 5.92 Å². The summed E-state index contributed by atoms with van der Waals surface area (Å²) in [6.07, 6.45) is -3.37. The molecule has 10 nitrogen and oxygen atoms in total. The van der Waals surface area contributed by atoms with Crippen LogP contribution in [0.3, 0.4) is 0 Å². The third-order valence-electron chi connectivity index (χ3n) is 5.06. The first-order valence-corrected chi connectivity index (χ1v) is 10.6. The van der Waals surface area contributed by atoms with Gasteiger partial charge in [-0.25, -0.2) is 0 Å². The topological polar surface area (TPSA) is 130 Å². The fourth-order valence-corrected chi connectivity index (χ4v) is 4.36. The molecule has 3 heterocycles. The van der Waals surface area contributed by atoms with Gasteiger partial charge in [0, 0.05) is 0 Å². The number of amides is 1. The Bertz CT molecular complexity index is 885. The Hall–Kier alpha value is -1.76. The molecular weight excluding hydrogens is 406 g/mol. The molecule has 2 N–H and O–H groups in total. The van der Waals surface area contributed by atoms with E-state index < -0.39 is 46.7 Å². The summed E-state index contributed by atoms with van der Waals surface area (Å²) in [5.41, 5.74) is 0. The van der Waals surface area contributed by atoms with E-state index >= 15 is 0 Å². The van der Waals surface area contributed by atoms with E-state index in [1.807, 2.05) is 0 Å². The maximum absolute atomic E-state index is 12.4. The van der Waals surface area contributed by atoms with E-state index in [-0.39, 0.29) is 29.1 Å². The Balaban J connectivity index is 1.46. The van der Waals surface area contributed by atoms with Gasteiger partial charge in [0.15, 0.2) is 12.1 Å². The number of phenols is 1. The Morgan fingerprint density at radius 3 is 2.52 bits per heavy atom. The number of carbonyl (C=O) groups excluding carboxylic acids is 1. The number of β-lactam (4-membered cyclic amide) rings is 1. The van der Waals surface area contributed by atoms with E-state index in [0.29, 0.717) is 0 Å². The van der Waals surface area contributed by atoms with Gasteiger partial charge in [0.2, 0.25) is 5.91 Å². The maximum Gasteiger partial charge on any atom is 0.297 e. The molecule has 0 aliphatic carbocycles. The van der Waals surface area contributed by atoms with Crippen molar-refractivity contribution in [1.82, 2.24) is 5.32 Å². The summed E-state index contributed by atoms with van der Waals surface area (Å²) in [4.78, 5) is 11.4. The van der Waals surface area contributed by atoms with Crippen LogP contribution in [0.15, 0.2) is 29.2 Å². The number of hydrogen-bond acceptors (Lipinski definition) is 9. The Morgan fingerprint density at radius 1 is 1.21 bits per heavy atom. The second-order valence-electron chi connectivity index (χ2n) is 7.69. The molecule has 0 spiro atoms. The lowest BCUT2D eigenvalue weighted by molar-refractivity contribution is -0.230. The smallest absolute Gasteiger partial charge is 0.297 e. The summed E-state index contributed by atoms with van der Waals surface area (Å²) in [6, 6.07) is 4.98. The van der Waals surface area contributed by atoms with Crippen LogP contribution in [0.4, 0.5) is 0 Å². The van der Waals surface area contributed by atoms with Crippen molar-refractivity contribution in [2.75, 3.05) is 6.61 Å². The predicted molar refractivity (Wildman–Crippen MR) is 95.9 cm³/mol. The lowest BCUT2D eigenvalue weighted by atomic mass is 10.0. The number of aromatic hydroxyl groups is 1. The molecule has 29 heavy (non-hydrogen) atoms. The van der Waals surface area contributed by atoms with Crippen LogP contribution < -0.4 is 5.32 Å². The average Bonchev–Trinajstić information content (AvgIpc) is 3.12. The van der Waals surface area contributed by atoms with Crippen LogP contribution in [0.1, 0.15) is 20.8 Å². The van der Waals surface area contributed by atoms with Crippen LogP contribution in [0.5, 0.6) is 5.75 Å². The Labute approximate surface area is 168 Å². The summed E-state index contributed by atoms with van der Waals surface area (Å²) in [5.74, 6) is -1.41. The molecule has 11 heteroatoms. The van der Waals surface area contributed by atoms with Gasteiger partial charge in [-0.15, -0.1) is 0 Å². The molecular formula is C18H23NO9S. The molecule has 0 radical (unpaired) electrons. The fourth-order valence-electron chi connectivity index (χ4n) is 3.44. The van der Waals surface area contributed by atoms with Crippen LogP contribution in [-0.2, 0) is 38.0 Å². The van der Waals surface area contributed by atoms with Crippen molar-refractivity contribution in [3.8, 4) is 5.75 Å². The van der Waals surface area contributed by atoms with Gasteiger partial charge in [-0.05, 0) is 45.0 Å². The van der Waals surface area contributed by atoms with Crippen molar-refractivity contribution in [1.29, 1.82) is 0 Å². The fraction of sp³-hybridized carbons (Fsp3) is 0.611. The first-order chi connectivity index (χ1) is 13.6. The zero-order chi connectivity index (χ0) is 21.0. The summed E-state index contributed by atoms with van der Waals surface area (Å²) in [5, 5.41) is 12.0. The van der Waals surface area contributed by atoms with Crippen molar-refractivity contribution in [3.63, 3.8) is 0 Å². The molecule has 3 saturated heterocycles. The highest BCUT2D eigenvalue weighted by Gasteiger charge is 2.57. The van der Waals surface area contributed by atoms with E-state index in [9.17, 15) is 18.3 Å². The molecule has 3 aliphatic rings. The van der Waals surface area contributed by atoms with Gasteiger partial charge in [-0.2, -0.15) is 8.42 Å². The second-order valence-corrected chi connectivity index (χ2v) is 9.31. The van der Waals surface area contributed by atoms with Crippen LogP contribution in [0.25, 0.3) is 0 Å². The van der Waals surface area contributed by atoms with Gasteiger partial charge < -0.3 is 29.4 Å². The minimum atomic E-state index is -4.07. The van der Waals surface area contributed by atoms with Gasteiger partial charge in [0.05, 0.1) is 17.4 Å². The molecule has 0 unspecified atom stereocenters. The normalized spacial score (nSPS) is 35.8. The van der Waals surface area contributed by atoms with Crippen LogP contribution in [-0.4, -0.2) is 62.7 Å². The van der Waals surface area contributed by atoms with Crippen molar-refractivity contribution in [2.24, 2.45) is 5.92 Å². The van der Waals surface area contributed by atoms with E-state index in [1.165, 1.54) is 24.3 Å². The third-order valence-corrected chi connectivity index (χ3v) is 6.35. The monoisotopic (exact) mass is 429 g/mol. The SMILES string of the molecule is C[C@@H]1C(=O)N[C@@H]1O[C@@H]1[C@H]2OC(C)(C)O[C@H]2O[C@@H]1COS(=O)(=O)c1ccc(O)cc1. The number of fused-ring (bicyclic) bond motifs is 1. The summed E-state index contributed by atoms with van der Waals surface area (Å²) in [6.45, 7) is 4.87. The average molecular weight is 429 g/mol. The number of ether oxygens (including phenoxy) is 4. The minimum absolute atomic E-state index is 0.0575. The van der Waals surface area contributed by atoms with Gasteiger partial charge in [0.25, 0.3) is 10.1 Å². The van der Waals surface area contributed by atoms with E-state index in [0.717, 1.165) is 0 Å². The van der Waals surface area contributed by atoms with Crippen LogP contribution >= 0.6 is 0 Å². The molecule has 1 aromatic carbocycles. The van der Waals surface area contributed by atoms with Gasteiger partial charge >= 0.3 is 0 Å². The van der Waals surface area contributed by atoms with Crippen LogP contribution in [0.2, 0.25) is 0 Å². The first-order valence-electron chi connectivity index (χ1n) is 9.21. The first kappa shape index (κ1) is 20.5. The van der Waals surface area contributed by atoms with Gasteiger partial charge in [0.1, 0.15) is 30.3 Å². The summed E-state index contributed by atoms with van der Waals surface area (Å²) in [7, 11) is -4.07. The van der Waals surface area contributed by atoms with Crippen molar-refractivity contribution in [3.05, 3.63) is 24.3 Å². The van der Waals surface area contributed by atoms with Crippen molar-refractivity contribution >= 4 is 16.0 Å². The van der Waals surface area contributed by atoms with Gasteiger partial charge in [-0.3, -0.25) is 8.98 Å². The molecule has 6 atom stereocenters. The van der Waals surface area contributed by atoms with Crippen molar-refractivity contribution in [2.45, 2.75) is 62.3 Å². The zero-order valence-electron chi connectivity index (χ0n) is 16.1. The highest BCUT2D eigenvalue weighted by molar-refractivity contribution is 7.86. The molecule has 4 rings (SSSR count). The largest absolute Gasteiger partial charge is 0.508 e. The number of benzene rings is 1. The molecule has 160 valence electrons. The number of phenolic OH excluding ortho intramolecular Hbond substituents is 1. The summed E-state index contributed by atoms with van der Waals surface area (Å²) >= 11 is 0. The van der Waals surface area contributed by atoms with Crippen molar-refractivity contribution < 1.29 is 41.4 Å². The Morgan fingerprint density at radius 2 is 1.90 bits per heavy atom. The highest BCUT2D eigenvalue weighted by atomic mass is 32.2. The van der Waals surface area contributed by atoms with E-state index in [1.54, 1.807) is 20.8 Å². The number of carbonyl (C=O) groups is 1. The predicted octanol–water partition coefficient (Wildman–Crippen LogP) is 0.451. The quantitative estimate of drug-likeness (QED) is 0.489. The second kappa shape index (κ2) is 7.18. The Kier molecular flexibility index (Phi) is 5.08. The number of nitrogens with one attached hydrogen (secondary N) is 1. The minimum Gasteiger partial charge on any atom is -0.508 e. The molecule has 1 amide bonds. The number of rotatable bonds is 6. The molecule has 0 saturated carbocycles. The lowest BCUT2D eigenvalue weighted by Gasteiger charge is -2.37. The zero-order valence-corrected chi connectivity index (χ0v) is 16.9. The summed E-state index contributed by atoms with van der Waals surface area (Å²) < 4.78 is 53.3. The standard InChI is InChI=1S/C18H23NO9S/c1-9-15(21)19-16(9)26-13-12(25-17-14(13)27-18(2,3)28-17)8-24-29(22,23)11-6-4-10(20)5-7-11/h4-7,9,12-14,16-17,20H,8H2,1-3H3,(H,19,21)/t9-,12-,13+,14-,16-,17-/m1/s1. The molecule has 0 aromatic heterocycles. The maximum atomic E-state index is 12.4. The molecule has 3 fully saturated rings. The molecule has 0 bridgehead atoms. The third kappa shape index (κ3) is 3.98. The number of hydrogen-bond donors (Lipinski definition) is 2. The molecule has 1 aromatic rings.